The lowest BCUT2D eigenvalue weighted by atomic mass is 10.0. The Morgan fingerprint density at radius 1 is 1.40 bits per heavy atom. The van der Waals surface area contributed by atoms with Gasteiger partial charge < -0.3 is 10.8 Å². The first-order valence-electron chi connectivity index (χ1n) is 4.45. The third-order valence-electron chi connectivity index (χ3n) is 1.94. The Morgan fingerprint density at radius 2 is 2.00 bits per heavy atom. The molecule has 0 aliphatic rings. The number of nitrogens with two attached hydrogens (primary N) is 1. The van der Waals surface area contributed by atoms with Crippen LogP contribution >= 0.6 is 0 Å². The van der Waals surface area contributed by atoms with Crippen LogP contribution in [-0.4, -0.2) is 11.1 Å². The highest BCUT2D eigenvalue weighted by Gasteiger charge is 2.33. The van der Waals surface area contributed by atoms with Crippen molar-refractivity contribution in [2.75, 3.05) is 0 Å². The second-order valence-corrected chi connectivity index (χ2v) is 3.52. The number of rotatable bonds is 2. The summed E-state index contributed by atoms with van der Waals surface area (Å²) in [5.41, 5.74) is 4.73. The van der Waals surface area contributed by atoms with Gasteiger partial charge in [0.15, 0.2) is 0 Å². The van der Waals surface area contributed by atoms with Gasteiger partial charge >= 0.3 is 6.18 Å². The predicted octanol–water partition coefficient (Wildman–Crippen LogP) is 2.30. The molecule has 1 unspecified atom stereocenters. The van der Waals surface area contributed by atoms with Gasteiger partial charge in [-0.1, -0.05) is 6.07 Å². The summed E-state index contributed by atoms with van der Waals surface area (Å²) in [6.07, 6.45) is -4.32. The van der Waals surface area contributed by atoms with Crippen molar-refractivity contribution in [3.63, 3.8) is 0 Å². The molecule has 0 amide bonds. The van der Waals surface area contributed by atoms with Gasteiger partial charge in [-0.15, -0.1) is 0 Å². The predicted molar refractivity (Wildman–Crippen MR) is 50.5 cm³/mol. The van der Waals surface area contributed by atoms with Gasteiger partial charge in [-0.05, 0) is 31.0 Å². The van der Waals surface area contributed by atoms with Crippen molar-refractivity contribution in [1.82, 2.24) is 0 Å². The summed E-state index contributed by atoms with van der Waals surface area (Å²) >= 11 is 0. The number of phenolic OH excluding ortho intramolecular Hbond substituents is 1. The van der Waals surface area contributed by atoms with Crippen molar-refractivity contribution in [2.45, 2.75) is 25.6 Å². The highest BCUT2D eigenvalue weighted by molar-refractivity contribution is 5.37. The topological polar surface area (TPSA) is 46.2 Å². The number of aromatic hydroxyl groups is 1. The molecule has 0 saturated carbocycles. The van der Waals surface area contributed by atoms with Crippen LogP contribution in [0.5, 0.6) is 5.75 Å². The fraction of sp³-hybridized carbons (Fsp3) is 0.400. The van der Waals surface area contributed by atoms with Crippen LogP contribution in [0.15, 0.2) is 18.2 Å². The molecule has 1 aromatic carbocycles. The van der Waals surface area contributed by atoms with Gasteiger partial charge in [-0.3, -0.25) is 0 Å². The largest absolute Gasteiger partial charge is 0.508 e. The Kier molecular flexibility index (Phi) is 3.24. The van der Waals surface area contributed by atoms with Crippen molar-refractivity contribution in [3.8, 4) is 5.75 Å². The molecule has 0 aliphatic heterocycles. The van der Waals surface area contributed by atoms with Gasteiger partial charge in [0.05, 0.1) is 5.56 Å². The third-order valence-corrected chi connectivity index (χ3v) is 1.94. The summed E-state index contributed by atoms with van der Waals surface area (Å²) in [5.74, 6) is -0.393. The molecule has 1 rings (SSSR count). The fourth-order valence-corrected chi connectivity index (χ4v) is 1.35. The zero-order chi connectivity index (χ0) is 11.6. The highest BCUT2D eigenvalue weighted by atomic mass is 19.4. The molecule has 0 aromatic heterocycles. The van der Waals surface area contributed by atoms with E-state index in [9.17, 15) is 13.2 Å². The van der Waals surface area contributed by atoms with Crippen LogP contribution in [0, 0.1) is 0 Å². The van der Waals surface area contributed by atoms with Crippen molar-refractivity contribution in [2.24, 2.45) is 5.73 Å². The zero-order valence-electron chi connectivity index (χ0n) is 8.17. The number of alkyl halides is 3. The van der Waals surface area contributed by atoms with E-state index in [1.165, 1.54) is 12.1 Å². The molecule has 1 aromatic rings. The summed E-state index contributed by atoms with van der Waals surface area (Å²) < 4.78 is 37.6. The number of benzene rings is 1. The molecule has 5 heteroatoms. The van der Waals surface area contributed by atoms with Gasteiger partial charge in [0.2, 0.25) is 0 Å². The van der Waals surface area contributed by atoms with Crippen LogP contribution < -0.4 is 5.73 Å². The highest BCUT2D eigenvalue weighted by Crippen LogP contribution is 2.34. The van der Waals surface area contributed by atoms with Crippen LogP contribution in [0.1, 0.15) is 18.1 Å². The van der Waals surface area contributed by atoms with Gasteiger partial charge in [-0.2, -0.15) is 13.2 Å². The average molecular weight is 219 g/mol. The average Bonchev–Trinajstić information content (AvgIpc) is 2.05. The Bertz CT molecular complexity index is 347. The molecule has 0 spiro atoms. The smallest absolute Gasteiger partial charge is 0.416 e. The monoisotopic (exact) mass is 219 g/mol. The Hall–Kier alpha value is -1.23. The van der Waals surface area contributed by atoms with E-state index >= 15 is 0 Å². The minimum Gasteiger partial charge on any atom is -0.508 e. The van der Waals surface area contributed by atoms with E-state index in [4.69, 9.17) is 10.8 Å². The molecule has 0 fully saturated rings. The van der Waals surface area contributed by atoms with Crippen LogP contribution in [-0.2, 0) is 12.6 Å². The lowest BCUT2D eigenvalue weighted by Crippen LogP contribution is -2.20. The molecule has 0 aliphatic carbocycles. The number of hydrogen-bond donors (Lipinski definition) is 2. The summed E-state index contributed by atoms with van der Waals surface area (Å²) in [6, 6.07) is 2.85. The van der Waals surface area contributed by atoms with E-state index in [-0.39, 0.29) is 18.0 Å². The number of hydrogen-bond acceptors (Lipinski definition) is 2. The first kappa shape index (κ1) is 11.8. The van der Waals surface area contributed by atoms with Crippen molar-refractivity contribution >= 4 is 0 Å². The third kappa shape index (κ3) is 3.13. The quantitative estimate of drug-likeness (QED) is 0.801. The normalized spacial score (nSPS) is 13.9. The second-order valence-electron chi connectivity index (χ2n) is 3.52. The SMILES string of the molecule is CC(N)Cc1ccc(O)cc1C(F)(F)F. The zero-order valence-corrected chi connectivity index (χ0v) is 8.17. The molecule has 15 heavy (non-hydrogen) atoms. The molecule has 0 bridgehead atoms. The van der Waals surface area contributed by atoms with Crippen LogP contribution in [0.2, 0.25) is 0 Å². The van der Waals surface area contributed by atoms with E-state index in [1.807, 2.05) is 0 Å². The molecular weight excluding hydrogens is 207 g/mol. The molecule has 2 nitrogen and oxygen atoms in total. The maximum Gasteiger partial charge on any atom is 0.416 e. The summed E-state index contributed by atoms with van der Waals surface area (Å²) in [6.45, 7) is 1.63. The number of phenols is 1. The van der Waals surface area contributed by atoms with Gasteiger partial charge in [0, 0.05) is 6.04 Å². The lowest BCUT2D eigenvalue weighted by molar-refractivity contribution is -0.138. The first-order chi connectivity index (χ1) is 6.80. The van der Waals surface area contributed by atoms with E-state index in [0.717, 1.165) is 6.07 Å². The van der Waals surface area contributed by atoms with Crippen molar-refractivity contribution < 1.29 is 18.3 Å². The minimum absolute atomic E-state index is 0.107. The van der Waals surface area contributed by atoms with Crippen molar-refractivity contribution in [1.29, 1.82) is 0 Å². The molecular formula is C10H12F3NO. The summed E-state index contributed by atoms with van der Waals surface area (Å²) in [5, 5.41) is 9.00. The Morgan fingerprint density at radius 3 is 2.47 bits per heavy atom. The maximum atomic E-state index is 12.5. The van der Waals surface area contributed by atoms with E-state index in [1.54, 1.807) is 6.92 Å². The molecule has 84 valence electrons. The molecule has 0 heterocycles. The minimum atomic E-state index is -4.46. The summed E-state index contributed by atoms with van der Waals surface area (Å²) in [7, 11) is 0. The lowest BCUT2D eigenvalue weighted by Gasteiger charge is -2.14. The standard InChI is InChI=1S/C10H12F3NO/c1-6(14)4-7-2-3-8(15)5-9(7)10(11,12)13/h2-3,5-6,15H,4,14H2,1H3. The second kappa shape index (κ2) is 4.10. The summed E-state index contributed by atoms with van der Waals surface area (Å²) in [4.78, 5) is 0. The first-order valence-corrected chi connectivity index (χ1v) is 4.45. The maximum absolute atomic E-state index is 12.5. The van der Waals surface area contributed by atoms with Crippen LogP contribution in [0.4, 0.5) is 13.2 Å². The van der Waals surface area contributed by atoms with Gasteiger partial charge in [-0.25, -0.2) is 0 Å². The Labute approximate surface area is 85.5 Å². The van der Waals surface area contributed by atoms with Crippen LogP contribution in [0.25, 0.3) is 0 Å². The van der Waals surface area contributed by atoms with Gasteiger partial charge in [0.25, 0.3) is 0 Å². The fourth-order valence-electron chi connectivity index (χ4n) is 1.35. The van der Waals surface area contributed by atoms with Gasteiger partial charge in [0.1, 0.15) is 5.75 Å². The number of halogens is 3. The molecule has 0 radical (unpaired) electrons. The Balaban J connectivity index is 3.15. The van der Waals surface area contributed by atoms with E-state index < -0.39 is 17.5 Å². The van der Waals surface area contributed by atoms with E-state index in [2.05, 4.69) is 0 Å². The van der Waals surface area contributed by atoms with Crippen molar-refractivity contribution in [3.05, 3.63) is 29.3 Å². The molecule has 3 N–H and O–H groups in total. The molecule has 0 saturated heterocycles. The van der Waals surface area contributed by atoms with E-state index in [0.29, 0.717) is 0 Å². The van der Waals surface area contributed by atoms with Crippen LogP contribution in [0.3, 0.4) is 0 Å². The molecule has 1 atom stereocenters.